The lowest BCUT2D eigenvalue weighted by atomic mass is 10.0. The molecule has 25 N–H and O–H groups in total. The molecule has 0 aliphatic heterocycles. The molecule has 0 amide bonds. The van der Waals surface area contributed by atoms with E-state index in [1.165, 1.54) is 0 Å². The van der Waals surface area contributed by atoms with Crippen molar-refractivity contribution in [1.82, 2.24) is 0 Å². The van der Waals surface area contributed by atoms with Crippen LogP contribution in [0, 0.1) is 11.8 Å². The number of carbonyl (C=O) groups is 7. The van der Waals surface area contributed by atoms with Crippen molar-refractivity contribution in [2.24, 2.45) is 68.4 Å². The summed E-state index contributed by atoms with van der Waals surface area (Å²) in [6, 6.07) is -4.21. The third-order valence-electron chi connectivity index (χ3n) is 6.04. The molecule has 24 nitrogen and oxygen atoms in total. The Hall–Kier alpha value is -4.72. The summed E-state index contributed by atoms with van der Waals surface area (Å²) in [6.45, 7) is 8.40. The molecule has 0 bridgehead atoms. The number of nitrogens with zero attached hydrogens (tertiary/aromatic N) is 1. The van der Waals surface area contributed by atoms with Crippen LogP contribution in [0.2, 0.25) is 0 Å². The van der Waals surface area contributed by atoms with Crippen molar-refractivity contribution in [2.75, 3.05) is 19.6 Å². The highest BCUT2D eigenvalue weighted by molar-refractivity contribution is 5.80. The smallest absolute Gasteiger partial charge is 0.321 e. The van der Waals surface area contributed by atoms with Gasteiger partial charge in [0.2, 0.25) is 0 Å². The van der Waals surface area contributed by atoms with Crippen molar-refractivity contribution in [3.63, 3.8) is 0 Å². The molecule has 0 saturated carbocycles. The van der Waals surface area contributed by atoms with Gasteiger partial charge in [0.1, 0.15) is 30.2 Å². The number of aliphatic carboxylic acids is 7. The summed E-state index contributed by atoms with van der Waals surface area (Å²) in [5.74, 6) is -6.78. The average Bonchev–Trinajstić information content (AvgIpc) is 3.06. The normalized spacial score (nSPS) is 13.0. The molecule has 0 saturated heterocycles. The number of hydrogen-bond donors (Lipinski definition) is 16. The third kappa shape index (κ3) is 54.1. The molecule has 0 rings (SSSR count). The van der Waals surface area contributed by atoms with E-state index in [9.17, 15) is 33.6 Å². The zero-order valence-corrected chi connectivity index (χ0v) is 31.5. The second-order valence-electron chi connectivity index (χ2n) is 11.6. The van der Waals surface area contributed by atoms with Crippen LogP contribution in [0.5, 0.6) is 0 Å². The first-order valence-electron chi connectivity index (χ1n) is 16.5. The average molecular weight is 791 g/mol. The molecule has 0 radical (unpaired) electrons. The fourth-order valence-corrected chi connectivity index (χ4v) is 2.66. The molecule has 0 heterocycles. The van der Waals surface area contributed by atoms with Crippen LogP contribution in [0.15, 0.2) is 4.99 Å². The molecule has 0 unspecified atom stereocenters. The first kappa shape index (κ1) is 61.3. The summed E-state index contributed by atoms with van der Waals surface area (Å²) in [6.07, 6.45) is 3.95. The van der Waals surface area contributed by atoms with Gasteiger partial charge in [-0.25, -0.2) is 0 Å². The van der Waals surface area contributed by atoms with Crippen molar-refractivity contribution in [1.29, 1.82) is 0 Å². The van der Waals surface area contributed by atoms with Gasteiger partial charge < -0.3 is 87.3 Å². The molecule has 0 aromatic heterocycles. The number of carboxylic acid groups (broad SMARTS) is 7. The van der Waals surface area contributed by atoms with E-state index in [-0.39, 0.29) is 18.4 Å². The number of guanidine groups is 1. The van der Waals surface area contributed by atoms with Gasteiger partial charge in [-0.15, -0.1) is 0 Å². The summed E-state index contributed by atoms with van der Waals surface area (Å²) in [7, 11) is 0. The fourth-order valence-electron chi connectivity index (χ4n) is 2.66. The van der Waals surface area contributed by atoms with Gasteiger partial charge in [0, 0.05) is 6.54 Å². The standard InChI is InChI=1S/C6H14N4O2.C6H14N2O2.2C6H13NO2.C4H7NO4.C2H5NO2/c7-4(5(11)12)2-1-3-10-6(8)9;7-4-2-1-3-5(8)6(9)10;1-4(2)3-5(7)6(8)9;1-3-4(2)5(7)6(8)9;5-2(4(8)9)1-3(6)7;3-1-2(4)5/h4H,1-3,7H2,(H,11,12)(H4,8,9,10);5H,1-4,7-8H2,(H,9,10);2*4-5H,3,7H2,1-2H3,(H,8,9);2H,1,5H2,(H,6,7)(H,8,9);1,3H2,(H,4,5)/t4-;2*5-;4-,5-;2-;/m00000./s1. The Morgan fingerprint density at radius 2 is 0.963 bits per heavy atom. The van der Waals surface area contributed by atoms with Gasteiger partial charge in [-0.3, -0.25) is 38.6 Å². The minimum atomic E-state index is -1.29. The highest BCUT2D eigenvalue weighted by Crippen LogP contribution is 2.04. The van der Waals surface area contributed by atoms with E-state index in [2.05, 4.69) is 10.7 Å². The van der Waals surface area contributed by atoms with Gasteiger partial charge in [0.15, 0.2) is 5.96 Å². The van der Waals surface area contributed by atoms with E-state index >= 15 is 0 Å². The van der Waals surface area contributed by atoms with E-state index in [0.717, 1.165) is 19.3 Å². The minimum Gasteiger partial charge on any atom is -0.481 e. The number of aliphatic imine (C=N–C) groups is 1. The molecule has 0 aliphatic rings. The van der Waals surface area contributed by atoms with E-state index in [1.807, 2.05) is 27.7 Å². The molecule has 6 atom stereocenters. The maximum Gasteiger partial charge on any atom is 0.321 e. The number of hydrogen-bond acceptors (Lipinski definition) is 15. The Morgan fingerprint density at radius 3 is 1.17 bits per heavy atom. The molecular formula is C30H66N10O14. The largest absolute Gasteiger partial charge is 0.481 e. The first-order chi connectivity index (χ1) is 24.7. The predicted molar refractivity (Wildman–Crippen MR) is 199 cm³/mol. The Bertz CT molecular complexity index is 1080. The van der Waals surface area contributed by atoms with Gasteiger partial charge in [-0.1, -0.05) is 40.5 Å². The van der Waals surface area contributed by atoms with Gasteiger partial charge in [0.05, 0.1) is 13.0 Å². The van der Waals surface area contributed by atoms with Crippen LogP contribution in [0.4, 0.5) is 0 Å². The minimum absolute atomic E-state index is 0.0129. The molecule has 24 heteroatoms. The number of carboxylic acids is 7. The molecule has 54 heavy (non-hydrogen) atoms. The number of unbranched alkanes of at least 4 members (excludes halogenated alkanes) is 1. The molecule has 320 valence electrons. The van der Waals surface area contributed by atoms with Crippen molar-refractivity contribution >= 4 is 47.7 Å². The van der Waals surface area contributed by atoms with Crippen LogP contribution >= 0.6 is 0 Å². The van der Waals surface area contributed by atoms with Crippen molar-refractivity contribution < 1.29 is 69.3 Å². The van der Waals surface area contributed by atoms with Gasteiger partial charge in [0.25, 0.3) is 0 Å². The second-order valence-corrected chi connectivity index (χ2v) is 11.6. The van der Waals surface area contributed by atoms with Crippen LogP contribution in [0.25, 0.3) is 0 Å². The summed E-state index contributed by atoms with van der Waals surface area (Å²) in [5.41, 5.74) is 45.6. The maximum absolute atomic E-state index is 10.2. The SMILES string of the molecule is CC(C)C[C@H](N)C(=O)O.CC[C@H](C)[C@H](N)C(=O)O.NC(N)=NCCC[C@H](N)C(=O)O.NCC(=O)O.NCCCC[C@H](N)C(=O)O.N[C@@H](CC(=O)O)C(=O)O. The van der Waals surface area contributed by atoms with E-state index in [0.29, 0.717) is 44.7 Å². The lowest BCUT2D eigenvalue weighted by molar-refractivity contribution is -0.144. The van der Waals surface area contributed by atoms with Crippen LogP contribution in [-0.4, -0.2) is 133 Å². The third-order valence-corrected chi connectivity index (χ3v) is 6.04. The van der Waals surface area contributed by atoms with Crippen molar-refractivity contribution in [3.05, 3.63) is 0 Å². The summed E-state index contributed by atoms with van der Waals surface area (Å²) >= 11 is 0. The van der Waals surface area contributed by atoms with Gasteiger partial charge in [-0.05, 0) is 50.5 Å². The molecular weight excluding hydrogens is 724 g/mol. The molecule has 0 aliphatic carbocycles. The lowest BCUT2D eigenvalue weighted by Crippen LogP contribution is -2.36. The quantitative estimate of drug-likeness (QED) is 0.0327. The van der Waals surface area contributed by atoms with Crippen LogP contribution in [0.1, 0.15) is 79.1 Å². The first-order valence-corrected chi connectivity index (χ1v) is 16.5. The topological polar surface area (TPSA) is 508 Å². The van der Waals surface area contributed by atoms with Crippen LogP contribution < -0.4 is 51.6 Å². The van der Waals surface area contributed by atoms with Gasteiger partial charge in [-0.2, -0.15) is 0 Å². The zero-order valence-electron chi connectivity index (χ0n) is 31.5. The number of rotatable bonds is 20. The molecule has 0 aromatic rings. The highest BCUT2D eigenvalue weighted by atomic mass is 16.4. The summed E-state index contributed by atoms with van der Waals surface area (Å²) in [5, 5.41) is 57.0. The zero-order chi connectivity index (χ0) is 44.1. The highest BCUT2D eigenvalue weighted by Gasteiger charge is 2.17. The summed E-state index contributed by atoms with van der Waals surface area (Å²) < 4.78 is 0. The van der Waals surface area contributed by atoms with Crippen molar-refractivity contribution in [2.45, 2.75) is 109 Å². The Morgan fingerprint density at radius 1 is 0.574 bits per heavy atom. The van der Waals surface area contributed by atoms with Crippen LogP contribution in [0.3, 0.4) is 0 Å². The molecule has 0 spiro atoms. The monoisotopic (exact) mass is 790 g/mol. The molecule has 0 fully saturated rings. The van der Waals surface area contributed by atoms with E-state index in [1.54, 1.807) is 0 Å². The predicted octanol–water partition coefficient (Wildman–Crippen LogP) is -3.23. The van der Waals surface area contributed by atoms with E-state index < -0.39 is 78.4 Å². The Balaban J connectivity index is -0.000000130. The lowest BCUT2D eigenvalue weighted by Gasteiger charge is -2.11. The van der Waals surface area contributed by atoms with Crippen molar-refractivity contribution in [3.8, 4) is 0 Å². The van der Waals surface area contributed by atoms with E-state index in [4.69, 9.17) is 81.6 Å². The fraction of sp³-hybridized carbons (Fsp3) is 0.733. The second kappa shape index (κ2) is 39.5. The molecule has 0 aromatic carbocycles. The van der Waals surface area contributed by atoms with Crippen LogP contribution in [-0.2, 0) is 33.6 Å². The Labute approximate surface area is 314 Å². The Kier molecular flexibility index (Phi) is 44.8. The number of nitrogens with two attached hydrogens (primary N) is 9. The maximum atomic E-state index is 10.2. The van der Waals surface area contributed by atoms with Gasteiger partial charge >= 0.3 is 41.8 Å². The summed E-state index contributed by atoms with van der Waals surface area (Å²) in [4.78, 5) is 73.2.